The summed E-state index contributed by atoms with van der Waals surface area (Å²) < 4.78 is 0. The van der Waals surface area contributed by atoms with Crippen LogP contribution in [-0.2, 0) is 14.4 Å². The molecule has 1 aliphatic heterocycles. The largest absolute Gasteiger partial charge is 0.347 e. The Morgan fingerprint density at radius 1 is 1.00 bits per heavy atom. The topological polar surface area (TPSA) is 78.5 Å². The van der Waals surface area contributed by atoms with Crippen LogP contribution in [0.15, 0.2) is 60.7 Å². The standard InChI is InChI=1S/C25H25N3O3/c1-16-7-5-11-21(17(16)2)27-23(29)14-26-25(31)19-13-24(30)28(15-19)22-12-6-9-18-8-3-4-10-20(18)22/h3-12,19H,13-15H2,1-2H3,(H,26,31)(H,27,29)/t19-/m1/s1. The second-order valence-electron chi connectivity index (χ2n) is 7.92. The Labute approximate surface area is 181 Å². The van der Waals surface area contributed by atoms with Gasteiger partial charge in [0, 0.05) is 24.0 Å². The van der Waals surface area contributed by atoms with Gasteiger partial charge in [-0.2, -0.15) is 0 Å². The average Bonchev–Trinajstić information content (AvgIpc) is 3.16. The van der Waals surface area contributed by atoms with Gasteiger partial charge in [0.25, 0.3) is 0 Å². The lowest BCUT2D eigenvalue weighted by Gasteiger charge is -2.19. The van der Waals surface area contributed by atoms with Gasteiger partial charge in [0.15, 0.2) is 0 Å². The summed E-state index contributed by atoms with van der Waals surface area (Å²) in [6.07, 6.45) is 0.133. The molecular weight excluding hydrogens is 390 g/mol. The second-order valence-corrected chi connectivity index (χ2v) is 7.92. The number of hydrogen-bond acceptors (Lipinski definition) is 3. The SMILES string of the molecule is Cc1cccc(NC(=O)CNC(=O)[C@@H]2CC(=O)N(c3cccc4ccccc34)C2)c1C. The van der Waals surface area contributed by atoms with Crippen molar-refractivity contribution in [3.8, 4) is 0 Å². The number of nitrogens with zero attached hydrogens (tertiary/aromatic N) is 1. The van der Waals surface area contributed by atoms with Gasteiger partial charge in [0.2, 0.25) is 17.7 Å². The zero-order valence-corrected chi connectivity index (χ0v) is 17.6. The summed E-state index contributed by atoms with van der Waals surface area (Å²) in [4.78, 5) is 39.2. The summed E-state index contributed by atoms with van der Waals surface area (Å²) in [7, 11) is 0. The van der Waals surface area contributed by atoms with Gasteiger partial charge in [-0.15, -0.1) is 0 Å². The number of benzene rings is 3. The zero-order valence-electron chi connectivity index (χ0n) is 17.6. The van der Waals surface area contributed by atoms with E-state index in [-0.39, 0.29) is 30.7 Å². The molecule has 0 aliphatic carbocycles. The number of hydrogen-bond donors (Lipinski definition) is 2. The normalized spacial score (nSPS) is 15.9. The van der Waals surface area contributed by atoms with Crippen molar-refractivity contribution in [2.75, 3.05) is 23.3 Å². The van der Waals surface area contributed by atoms with Gasteiger partial charge in [-0.1, -0.05) is 48.5 Å². The minimum atomic E-state index is -0.486. The summed E-state index contributed by atoms with van der Waals surface area (Å²) in [5.41, 5.74) is 3.62. The summed E-state index contributed by atoms with van der Waals surface area (Å²) in [6, 6.07) is 19.4. The molecule has 6 nitrogen and oxygen atoms in total. The van der Waals surface area contributed by atoms with E-state index in [0.29, 0.717) is 6.54 Å². The number of nitrogens with one attached hydrogen (secondary N) is 2. The fourth-order valence-electron chi connectivity index (χ4n) is 3.95. The van der Waals surface area contributed by atoms with Crippen LogP contribution in [0.5, 0.6) is 0 Å². The van der Waals surface area contributed by atoms with E-state index >= 15 is 0 Å². The first kappa shape index (κ1) is 20.6. The quantitative estimate of drug-likeness (QED) is 0.669. The summed E-state index contributed by atoms with van der Waals surface area (Å²) in [5, 5.41) is 7.53. The molecule has 3 amide bonds. The molecule has 1 fully saturated rings. The molecule has 0 aromatic heterocycles. The number of fused-ring (bicyclic) bond motifs is 1. The van der Waals surface area contributed by atoms with Crippen LogP contribution in [0.25, 0.3) is 10.8 Å². The first-order chi connectivity index (χ1) is 14.9. The number of amides is 3. The van der Waals surface area contributed by atoms with E-state index in [0.717, 1.165) is 33.3 Å². The van der Waals surface area contributed by atoms with Gasteiger partial charge >= 0.3 is 0 Å². The van der Waals surface area contributed by atoms with Gasteiger partial charge in [0.05, 0.1) is 18.2 Å². The van der Waals surface area contributed by atoms with Gasteiger partial charge in [-0.3, -0.25) is 14.4 Å². The van der Waals surface area contributed by atoms with Crippen molar-refractivity contribution in [2.24, 2.45) is 5.92 Å². The van der Waals surface area contributed by atoms with Crippen molar-refractivity contribution in [1.82, 2.24) is 5.32 Å². The van der Waals surface area contributed by atoms with E-state index in [1.165, 1.54) is 0 Å². The summed E-state index contributed by atoms with van der Waals surface area (Å²) in [6.45, 7) is 4.09. The lowest BCUT2D eigenvalue weighted by molar-refractivity contribution is -0.127. The average molecular weight is 415 g/mol. The maximum atomic E-state index is 12.6. The molecule has 0 unspecified atom stereocenters. The highest BCUT2D eigenvalue weighted by Gasteiger charge is 2.35. The van der Waals surface area contributed by atoms with Crippen LogP contribution in [-0.4, -0.2) is 30.8 Å². The number of rotatable bonds is 5. The van der Waals surface area contributed by atoms with Gasteiger partial charge in [0.1, 0.15) is 0 Å². The molecule has 1 atom stereocenters. The molecule has 158 valence electrons. The lowest BCUT2D eigenvalue weighted by Crippen LogP contribution is -2.38. The first-order valence-corrected chi connectivity index (χ1v) is 10.4. The van der Waals surface area contributed by atoms with Crippen molar-refractivity contribution in [3.63, 3.8) is 0 Å². The molecule has 0 spiro atoms. The van der Waals surface area contributed by atoms with Crippen LogP contribution in [0, 0.1) is 19.8 Å². The van der Waals surface area contributed by atoms with Crippen molar-refractivity contribution in [1.29, 1.82) is 0 Å². The molecule has 6 heteroatoms. The summed E-state index contributed by atoms with van der Waals surface area (Å²) in [5.74, 6) is -1.15. The molecule has 31 heavy (non-hydrogen) atoms. The highest BCUT2D eigenvalue weighted by Crippen LogP contribution is 2.31. The Kier molecular flexibility index (Phi) is 5.71. The molecule has 0 bridgehead atoms. The maximum Gasteiger partial charge on any atom is 0.243 e. The van der Waals surface area contributed by atoms with E-state index in [1.54, 1.807) is 4.90 Å². The Morgan fingerprint density at radius 2 is 1.74 bits per heavy atom. The number of anilines is 2. The van der Waals surface area contributed by atoms with Crippen LogP contribution in [0.3, 0.4) is 0 Å². The smallest absolute Gasteiger partial charge is 0.243 e. The molecule has 3 aromatic carbocycles. The third-order valence-electron chi connectivity index (χ3n) is 5.86. The third-order valence-corrected chi connectivity index (χ3v) is 5.86. The van der Waals surface area contributed by atoms with Crippen LogP contribution >= 0.6 is 0 Å². The van der Waals surface area contributed by atoms with E-state index < -0.39 is 5.92 Å². The van der Waals surface area contributed by atoms with Crippen molar-refractivity contribution >= 4 is 39.9 Å². The maximum absolute atomic E-state index is 12.6. The van der Waals surface area contributed by atoms with Crippen LogP contribution < -0.4 is 15.5 Å². The third kappa shape index (κ3) is 4.28. The van der Waals surface area contributed by atoms with Crippen molar-refractivity contribution in [3.05, 3.63) is 71.8 Å². The first-order valence-electron chi connectivity index (χ1n) is 10.4. The Hall–Kier alpha value is -3.67. The van der Waals surface area contributed by atoms with E-state index in [1.807, 2.05) is 74.5 Å². The molecule has 4 rings (SSSR count). The van der Waals surface area contributed by atoms with Crippen LogP contribution in [0.1, 0.15) is 17.5 Å². The number of carbonyl (C=O) groups excluding carboxylic acids is 3. The monoisotopic (exact) mass is 415 g/mol. The van der Waals surface area contributed by atoms with Gasteiger partial charge in [-0.05, 0) is 42.5 Å². The minimum absolute atomic E-state index is 0.0867. The molecule has 3 aromatic rings. The molecule has 1 aliphatic rings. The van der Waals surface area contributed by atoms with Crippen LogP contribution in [0.4, 0.5) is 11.4 Å². The Balaban J connectivity index is 1.38. The molecule has 1 heterocycles. The van der Waals surface area contributed by atoms with Crippen LogP contribution in [0.2, 0.25) is 0 Å². The van der Waals surface area contributed by atoms with E-state index in [9.17, 15) is 14.4 Å². The Morgan fingerprint density at radius 3 is 2.58 bits per heavy atom. The fraction of sp³-hybridized carbons (Fsp3) is 0.240. The van der Waals surface area contributed by atoms with Crippen molar-refractivity contribution < 1.29 is 14.4 Å². The lowest BCUT2D eigenvalue weighted by atomic mass is 10.1. The van der Waals surface area contributed by atoms with E-state index in [4.69, 9.17) is 0 Å². The fourth-order valence-corrected chi connectivity index (χ4v) is 3.95. The van der Waals surface area contributed by atoms with Crippen molar-refractivity contribution in [2.45, 2.75) is 20.3 Å². The predicted octanol–water partition coefficient (Wildman–Crippen LogP) is 3.56. The zero-order chi connectivity index (χ0) is 22.0. The van der Waals surface area contributed by atoms with E-state index in [2.05, 4.69) is 10.6 Å². The minimum Gasteiger partial charge on any atom is -0.347 e. The second kappa shape index (κ2) is 8.60. The summed E-state index contributed by atoms with van der Waals surface area (Å²) >= 11 is 0. The molecule has 0 radical (unpaired) electrons. The number of aryl methyl sites for hydroxylation is 1. The molecule has 1 saturated heterocycles. The highest BCUT2D eigenvalue weighted by atomic mass is 16.2. The molecule has 2 N–H and O–H groups in total. The Bertz CT molecular complexity index is 1170. The molecule has 0 saturated carbocycles. The van der Waals surface area contributed by atoms with Gasteiger partial charge < -0.3 is 15.5 Å². The molecular formula is C25H25N3O3. The van der Waals surface area contributed by atoms with Gasteiger partial charge in [-0.25, -0.2) is 0 Å². The highest BCUT2D eigenvalue weighted by molar-refractivity contribution is 6.07. The number of carbonyl (C=O) groups is 3. The predicted molar refractivity (Wildman–Crippen MR) is 122 cm³/mol.